The lowest BCUT2D eigenvalue weighted by molar-refractivity contribution is 0.0493. The van der Waals surface area contributed by atoms with Crippen LogP contribution in [0.1, 0.15) is 67.1 Å². The predicted octanol–water partition coefficient (Wildman–Crippen LogP) is 4.15. The predicted molar refractivity (Wildman–Crippen MR) is 146 cm³/mol. The first-order chi connectivity index (χ1) is 18.4. The first-order valence-corrected chi connectivity index (χ1v) is 14.0. The van der Waals surface area contributed by atoms with Gasteiger partial charge in [0.25, 0.3) is 5.91 Å². The summed E-state index contributed by atoms with van der Waals surface area (Å²) in [7, 11) is 0. The summed E-state index contributed by atoms with van der Waals surface area (Å²) in [5.41, 5.74) is 2.52. The first kappa shape index (κ1) is 26.5. The smallest absolute Gasteiger partial charge is 0.321 e. The Hall–Kier alpha value is -3.10. The highest BCUT2D eigenvalue weighted by Crippen LogP contribution is 2.37. The highest BCUT2D eigenvalue weighted by molar-refractivity contribution is 5.97. The summed E-state index contributed by atoms with van der Waals surface area (Å²) in [6, 6.07) is 16.4. The number of nitrogens with one attached hydrogen (secondary N) is 1. The lowest BCUT2D eigenvalue weighted by Gasteiger charge is -2.39. The van der Waals surface area contributed by atoms with E-state index in [0.29, 0.717) is 12.1 Å². The summed E-state index contributed by atoms with van der Waals surface area (Å²) in [6.07, 6.45) is 3.64. The van der Waals surface area contributed by atoms with Gasteiger partial charge in [0.2, 0.25) is 0 Å². The molecule has 8 heteroatoms. The molecule has 3 aliphatic heterocycles. The van der Waals surface area contributed by atoms with Crippen LogP contribution in [0.4, 0.5) is 4.79 Å². The van der Waals surface area contributed by atoms with Crippen LogP contribution in [0.15, 0.2) is 48.5 Å². The zero-order valence-corrected chi connectivity index (χ0v) is 22.5. The number of benzene rings is 2. The molecule has 0 unspecified atom stereocenters. The van der Waals surface area contributed by atoms with Crippen molar-refractivity contribution >= 4 is 11.9 Å². The standard InChI is InChI=1S/C30H40N4O4/c1-21(2)31-29(36)26-18-22(8-9-28(26)35)19-32-14-10-25(11-15-32)34-27(23-6-4-3-5-7-23)20-33(30(34)37)24-12-16-38-17-13-24/h3-9,18,21,24-25,27,35H,10-17,19-20H2,1-2H3,(H,31,36)/t27-/m0/s1. The van der Waals surface area contributed by atoms with Crippen LogP contribution in [0.3, 0.4) is 0 Å². The van der Waals surface area contributed by atoms with E-state index in [1.165, 1.54) is 5.56 Å². The third-order valence-electron chi connectivity index (χ3n) is 8.07. The number of amides is 3. The number of aromatic hydroxyl groups is 1. The van der Waals surface area contributed by atoms with Gasteiger partial charge in [-0.15, -0.1) is 0 Å². The summed E-state index contributed by atoms with van der Waals surface area (Å²) >= 11 is 0. The molecule has 0 spiro atoms. The highest BCUT2D eigenvalue weighted by atomic mass is 16.5. The molecule has 0 radical (unpaired) electrons. The molecule has 204 valence electrons. The normalized spacial score (nSPS) is 21.9. The largest absolute Gasteiger partial charge is 0.507 e. The lowest BCUT2D eigenvalue weighted by atomic mass is 9.98. The van der Waals surface area contributed by atoms with Gasteiger partial charge in [-0.1, -0.05) is 36.4 Å². The Kier molecular flexibility index (Phi) is 8.19. The van der Waals surface area contributed by atoms with Crippen molar-refractivity contribution in [1.29, 1.82) is 0 Å². The Balaban J connectivity index is 1.26. The highest BCUT2D eigenvalue weighted by Gasteiger charge is 2.45. The molecule has 8 nitrogen and oxygen atoms in total. The van der Waals surface area contributed by atoms with Crippen LogP contribution in [-0.2, 0) is 11.3 Å². The second kappa shape index (κ2) is 11.7. The number of phenolic OH excluding ortho intramolecular Hbond substituents is 1. The molecule has 38 heavy (non-hydrogen) atoms. The van der Waals surface area contributed by atoms with Crippen LogP contribution in [0, 0.1) is 0 Å². The molecule has 1 atom stereocenters. The van der Waals surface area contributed by atoms with Gasteiger partial charge in [-0.25, -0.2) is 4.79 Å². The molecule has 0 aliphatic carbocycles. The van der Waals surface area contributed by atoms with Gasteiger partial charge in [-0.2, -0.15) is 0 Å². The minimum absolute atomic E-state index is 0.0000329. The number of rotatable bonds is 7. The SMILES string of the molecule is CC(C)NC(=O)c1cc(CN2CCC(N3C(=O)N(C4CCOCC4)C[C@H]3c3ccccc3)CC2)ccc1O. The number of nitrogens with zero attached hydrogens (tertiary/aromatic N) is 3. The average molecular weight is 521 g/mol. The number of urea groups is 1. The summed E-state index contributed by atoms with van der Waals surface area (Å²) < 4.78 is 5.56. The van der Waals surface area contributed by atoms with Crippen LogP contribution in [-0.4, -0.2) is 82.7 Å². The van der Waals surface area contributed by atoms with Crippen molar-refractivity contribution in [2.24, 2.45) is 0 Å². The van der Waals surface area contributed by atoms with Gasteiger partial charge >= 0.3 is 6.03 Å². The molecular weight excluding hydrogens is 480 g/mol. The molecule has 0 bridgehead atoms. The molecule has 0 saturated carbocycles. The van der Waals surface area contributed by atoms with Gasteiger partial charge < -0.3 is 25.0 Å². The van der Waals surface area contributed by atoms with Crippen molar-refractivity contribution in [3.63, 3.8) is 0 Å². The third-order valence-corrected chi connectivity index (χ3v) is 8.07. The molecular formula is C30H40N4O4. The number of carbonyl (C=O) groups excluding carboxylic acids is 2. The lowest BCUT2D eigenvalue weighted by Crippen LogP contribution is -2.48. The van der Waals surface area contributed by atoms with E-state index >= 15 is 0 Å². The molecule has 3 saturated heterocycles. The van der Waals surface area contributed by atoms with Gasteiger partial charge in [0.1, 0.15) is 5.75 Å². The van der Waals surface area contributed by atoms with Crippen molar-refractivity contribution in [2.45, 2.75) is 70.2 Å². The second-order valence-corrected chi connectivity index (χ2v) is 11.1. The number of likely N-dealkylation sites (tertiary alicyclic amines) is 1. The molecule has 3 amide bonds. The molecule has 3 aliphatic rings. The number of ether oxygens (including phenoxy) is 1. The Morgan fingerprint density at radius 2 is 1.74 bits per heavy atom. The van der Waals surface area contributed by atoms with Crippen molar-refractivity contribution in [2.75, 3.05) is 32.8 Å². The minimum atomic E-state index is -0.258. The summed E-state index contributed by atoms with van der Waals surface area (Å²) in [4.78, 5) is 32.9. The number of hydrogen-bond acceptors (Lipinski definition) is 5. The van der Waals surface area contributed by atoms with Gasteiger partial charge in [0.15, 0.2) is 0 Å². The molecule has 0 aromatic heterocycles. The van der Waals surface area contributed by atoms with E-state index in [2.05, 4.69) is 44.3 Å². The Bertz CT molecular complexity index is 1110. The summed E-state index contributed by atoms with van der Waals surface area (Å²) in [5, 5.41) is 13.1. The van der Waals surface area contributed by atoms with Gasteiger partial charge in [0.05, 0.1) is 11.6 Å². The molecule has 3 heterocycles. The van der Waals surface area contributed by atoms with Gasteiger partial charge in [0, 0.05) is 57.5 Å². The summed E-state index contributed by atoms with van der Waals surface area (Å²) in [5.74, 6) is -0.258. The van der Waals surface area contributed by atoms with Crippen LogP contribution in [0.5, 0.6) is 5.75 Å². The Morgan fingerprint density at radius 3 is 2.42 bits per heavy atom. The van der Waals surface area contributed by atoms with Crippen molar-refractivity contribution in [3.05, 3.63) is 65.2 Å². The van der Waals surface area contributed by atoms with Crippen LogP contribution in [0.2, 0.25) is 0 Å². The fourth-order valence-corrected chi connectivity index (χ4v) is 6.11. The number of hydrogen-bond donors (Lipinski definition) is 2. The van der Waals surface area contributed by atoms with E-state index in [1.54, 1.807) is 12.1 Å². The van der Waals surface area contributed by atoms with Crippen LogP contribution < -0.4 is 5.32 Å². The van der Waals surface area contributed by atoms with Crippen molar-refractivity contribution < 1.29 is 19.4 Å². The van der Waals surface area contributed by atoms with E-state index in [1.807, 2.05) is 26.0 Å². The zero-order valence-electron chi connectivity index (χ0n) is 22.5. The maximum atomic E-state index is 13.8. The fourth-order valence-electron chi connectivity index (χ4n) is 6.11. The number of phenols is 1. The molecule has 2 aromatic rings. The number of piperidine rings is 1. The maximum absolute atomic E-state index is 13.8. The van der Waals surface area contributed by atoms with Crippen LogP contribution in [0.25, 0.3) is 0 Å². The maximum Gasteiger partial charge on any atom is 0.321 e. The third kappa shape index (κ3) is 5.81. The first-order valence-electron chi connectivity index (χ1n) is 14.0. The minimum Gasteiger partial charge on any atom is -0.507 e. The van der Waals surface area contributed by atoms with Gasteiger partial charge in [-0.3, -0.25) is 9.69 Å². The van der Waals surface area contributed by atoms with E-state index in [9.17, 15) is 14.7 Å². The fraction of sp³-hybridized carbons (Fsp3) is 0.533. The second-order valence-electron chi connectivity index (χ2n) is 11.1. The molecule has 5 rings (SSSR count). The monoisotopic (exact) mass is 520 g/mol. The Labute approximate surface area is 225 Å². The number of carbonyl (C=O) groups is 2. The van der Waals surface area contributed by atoms with Crippen molar-refractivity contribution in [3.8, 4) is 5.75 Å². The van der Waals surface area contributed by atoms with E-state index in [0.717, 1.165) is 64.1 Å². The van der Waals surface area contributed by atoms with Gasteiger partial charge in [-0.05, 0) is 62.8 Å². The Morgan fingerprint density at radius 1 is 1.03 bits per heavy atom. The summed E-state index contributed by atoms with van der Waals surface area (Å²) in [6.45, 7) is 8.45. The van der Waals surface area contributed by atoms with E-state index in [-0.39, 0.29) is 41.9 Å². The molecule has 2 aromatic carbocycles. The van der Waals surface area contributed by atoms with Crippen LogP contribution >= 0.6 is 0 Å². The van der Waals surface area contributed by atoms with E-state index in [4.69, 9.17) is 4.74 Å². The quantitative estimate of drug-likeness (QED) is 0.573. The van der Waals surface area contributed by atoms with E-state index < -0.39 is 0 Å². The zero-order chi connectivity index (χ0) is 26.6. The molecule has 2 N–H and O–H groups in total. The van der Waals surface area contributed by atoms with Crippen molar-refractivity contribution in [1.82, 2.24) is 20.0 Å². The average Bonchev–Trinajstić information content (AvgIpc) is 3.27. The topological polar surface area (TPSA) is 85.4 Å². The molecule has 3 fully saturated rings.